The van der Waals surface area contributed by atoms with Gasteiger partial charge in [0.05, 0.1) is 11.1 Å². The second kappa shape index (κ2) is 6.54. The number of nitrogens with zero attached hydrogens (tertiary/aromatic N) is 1. The number of nitrogens with one attached hydrogen (secondary N) is 1. The van der Waals surface area contributed by atoms with Crippen molar-refractivity contribution in [2.24, 2.45) is 5.92 Å². The molecule has 1 fully saturated rings. The molecule has 1 aromatic carbocycles. The molecular weight excluding hydrogens is 400 g/mol. The summed E-state index contributed by atoms with van der Waals surface area (Å²) in [6, 6.07) is 12.1. The van der Waals surface area contributed by atoms with Crippen LogP contribution in [0.4, 0.5) is 0 Å². The number of thiophene rings is 1. The summed E-state index contributed by atoms with van der Waals surface area (Å²) in [7, 11) is -4.04. The molecule has 0 unspecified atom stereocenters. The Kier molecular flexibility index (Phi) is 4.40. The lowest BCUT2D eigenvalue weighted by Gasteiger charge is -2.15. The van der Waals surface area contributed by atoms with Gasteiger partial charge in [-0.3, -0.25) is 4.79 Å². The molecule has 4 rings (SSSR count). The SMILES string of the molecule is Cc1cnc(-c2ccc(S(=O)(=O)N[C@@]3(C(=O)O)[C@H](C)[C@@H]3c3ccccc3)s2)o1. The smallest absolute Gasteiger partial charge is 0.325 e. The summed E-state index contributed by atoms with van der Waals surface area (Å²) in [5, 5.41) is 9.85. The van der Waals surface area contributed by atoms with Gasteiger partial charge >= 0.3 is 5.97 Å². The molecule has 1 saturated carbocycles. The van der Waals surface area contributed by atoms with Crippen molar-refractivity contribution in [3.63, 3.8) is 0 Å². The number of aromatic nitrogens is 1. The van der Waals surface area contributed by atoms with E-state index in [4.69, 9.17) is 4.42 Å². The minimum Gasteiger partial charge on any atom is -0.480 e. The molecule has 0 aliphatic heterocycles. The zero-order valence-corrected chi connectivity index (χ0v) is 16.8. The summed E-state index contributed by atoms with van der Waals surface area (Å²) in [4.78, 5) is 16.7. The number of sulfonamides is 1. The van der Waals surface area contributed by atoms with E-state index in [1.807, 2.05) is 30.3 Å². The maximum absolute atomic E-state index is 12.9. The normalized spacial score (nSPS) is 24.2. The van der Waals surface area contributed by atoms with Crippen LogP contribution in [0.2, 0.25) is 0 Å². The molecule has 0 bridgehead atoms. The number of hydrogen-bond acceptors (Lipinski definition) is 6. The van der Waals surface area contributed by atoms with E-state index in [1.165, 1.54) is 6.07 Å². The third-order valence-corrected chi connectivity index (χ3v) is 8.14. The van der Waals surface area contributed by atoms with Crippen LogP contribution in [0.5, 0.6) is 0 Å². The van der Waals surface area contributed by atoms with Crippen LogP contribution in [0.25, 0.3) is 10.8 Å². The van der Waals surface area contributed by atoms with Crippen molar-refractivity contribution in [3.8, 4) is 10.8 Å². The number of aliphatic carboxylic acids is 1. The number of carbonyl (C=O) groups is 1. The van der Waals surface area contributed by atoms with Crippen LogP contribution in [0.15, 0.2) is 57.3 Å². The van der Waals surface area contributed by atoms with Crippen LogP contribution < -0.4 is 4.72 Å². The van der Waals surface area contributed by atoms with Gasteiger partial charge in [0.1, 0.15) is 15.5 Å². The number of hydrogen-bond donors (Lipinski definition) is 2. The first-order valence-corrected chi connectivity index (χ1v) is 10.9. The Morgan fingerprint density at radius 2 is 1.96 bits per heavy atom. The summed E-state index contributed by atoms with van der Waals surface area (Å²) < 4.78 is 33.8. The van der Waals surface area contributed by atoms with E-state index in [0.29, 0.717) is 16.5 Å². The first-order chi connectivity index (χ1) is 13.3. The minimum atomic E-state index is -4.04. The number of benzene rings is 1. The van der Waals surface area contributed by atoms with Gasteiger partial charge in [-0.2, -0.15) is 4.72 Å². The molecule has 9 heteroatoms. The van der Waals surface area contributed by atoms with Crippen LogP contribution in [-0.2, 0) is 14.8 Å². The molecular formula is C19H18N2O5S2. The van der Waals surface area contributed by atoms with E-state index in [2.05, 4.69) is 9.71 Å². The molecule has 0 amide bonds. The van der Waals surface area contributed by atoms with Crippen molar-refractivity contribution >= 4 is 27.3 Å². The zero-order chi connectivity index (χ0) is 20.1. The highest BCUT2D eigenvalue weighted by molar-refractivity contribution is 7.91. The van der Waals surface area contributed by atoms with Gasteiger partial charge in [0, 0.05) is 5.92 Å². The molecule has 0 saturated heterocycles. The molecule has 7 nitrogen and oxygen atoms in total. The Morgan fingerprint density at radius 3 is 2.57 bits per heavy atom. The topological polar surface area (TPSA) is 110 Å². The maximum Gasteiger partial charge on any atom is 0.325 e. The molecule has 2 aromatic heterocycles. The maximum atomic E-state index is 12.9. The van der Waals surface area contributed by atoms with Gasteiger partial charge in [0.25, 0.3) is 10.0 Å². The molecule has 3 atom stereocenters. The quantitative estimate of drug-likeness (QED) is 0.636. The predicted octanol–water partition coefficient (Wildman–Crippen LogP) is 3.25. The lowest BCUT2D eigenvalue weighted by atomic mass is 10.1. The predicted molar refractivity (Wildman–Crippen MR) is 104 cm³/mol. The van der Waals surface area contributed by atoms with E-state index in [1.54, 1.807) is 26.1 Å². The number of rotatable bonds is 6. The van der Waals surface area contributed by atoms with Gasteiger partial charge in [0.15, 0.2) is 0 Å². The van der Waals surface area contributed by atoms with Crippen LogP contribution in [0, 0.1) is 12.8 Å². The number of aryl methyl sites for hydroxylation is 1. The molecule has 2 heterocycles. The summed E-state index contributed by atoms with van der Waals surface area (Å²) in [6.07, 6.45) is 1.55. The van der Waals surface area contributed by atoms with Crippen molar-refractivity contribution in [1.82, 2.24) is 9.71 Å². The van der Waals surface area contributed by atoms with Crippen LogP contribution in [0.3, 0.4) is 0 Å². The molecule has 2 N–H and O–H groups in total. The molecule has 0 spiro atoms. The van der Waals surface area contributed by atoms with Crippen LogP contribution in [-0.4, -0.2) is 30.0 Å². The number of carboxylic acids is 1. The lowest BCUT2D eigenvalue weighted by Crippen LogP contribution is -2.45. The van der Waals surface area contributed by atoms with Crippen LogP contribution in [0.1, 0.15) is 24.2 Å². The average molecular weight is 418 g/mol. The van der Waals surface area contributed by atoms with Crippen LogP contribution >= 0.6 is 11.3 Å². The second-order valence-corrected chi connectivity index (χ2v) is 9.84. The van der Waals surface area contributed by atoms with E-state index in [9.17, 15) is 18.3 Å². The van der Waals surface area contributed by atoms with Gasteiger partial charge < -0.3 is 9.52 Å². The van der Waals surface area contributed by atoms with Crippen molar-refractivity contribution in [3.05, 3.63) is 60.0 Å². The number of carboxylic acid groups (broad SMARTS) is 1. The zero-order valence-electron chi connectivity index (χ0n) is 15.1. The van der Waals surface area contributed by atoms with Crippen molar-refractivity contribution in [2.45, 2.75) is 29.5 Å². The molecule has 3 aromatic rings. The third kappa shape index (κ3) is 2.95. The Morgan fingerprint density at radius 1 is 1.25 bits per heavy atom. The molecule has 1 aliphatic rings. The monoisotopic (exact) mass is 418 g/mol. The van der Waals surface area contributed by atoms with Gasteiger partial charge in [-0.15, -0.1) is 11.3 Å². The van der Waals surface area contributed by atoms with E-state index in [-0.39, 0.29) is 10.1 Å². The number of oxazole rings is 1. The first kappa shape index (κ1) is 18.9. The first-order valence-electron chi connectivity index (χ1n) is 8.60. The Hall–Kier alpha value is -2.49. The van der Waals surface area contributed by atoms with Gasteiger partial charge in [-0.05, 0) is 30.5 Å². The highest BCUT2D eigenvalue weighted by Crippen LogP contribution is 2.58. The summed E-state index contributed by atoms with van der Waals surface area (Å²) >= 11 is 0.985. The average Bonchev–Trinajstić information content (AvgIpc) is 3.06. The highest BCUT2D eigenvalue weighted by atomic mass is 32.2. The highest BCUT2D eigenvalue weighted by Gasteiger charge is 2.70. The van der Waals surface area contributed by atoms with Crippen molar-refractivity contribution in [1.29, 1.82) is 0 Å². The molecule has 0 radical (unpaired) electrons. The summed E-state index contributed by atoms with van der Waals surface area (Å²) in [6.45, 7) is 3.49. The molecule has 146 valence electrons. The lowest BCUT2D eigenvalue weighted by molar-refractivity contribution is -0.140. The van der Waals surface area contributed by atoms with Gasteiger partial charge in [0.2, 0.25) is 5.89 Å². The second-order valence-electron chi connectivity index (χ2n) is 6.85. The van der Waals surface area contributed by atoms with E-state index in [0.717, 1.165) is 16.9 Å². The van der Waals surface area contributed by atoms with E-state index < -0.39 is 27.4 Å². The standard InChI is InChI=1S/C19H18N2O5S2/c1-11-10-20-17(26-11)14-8-9-15(27-14)28(24,25)21-19(18(22)23)12(2)16(19)13-6-4-3-5-7-13/h3-10,12,16,21H,1-2H3,(H,22,23)/t12-,16-,19+/m1/s1. The Balaban J connectivity index is 1.65. The van der Waals surface area contributed by atoms with Crippen molar-refractivity contribution in [2.75, 3.05) is 0 Å². The fourth-order valence-electron chi connectivity index (χ4n) is 3.62. The fourth-order valence-corrected chi connectivity index (χ4v) is 6.32. The largest absolute Gasteiger partial charge is 0.480 e. The summed E-state index contributed by atoms with van der Waals surface area (Å²) in [5.41, 5.74) is -0.772. The molecule has 28 heavy (non-hydrogen) atoms. The van der Waals surface area contributed by atoms with Gasteiger partial charge in [-0.1, -0.05) is 37.3 Å². The summed E-state index contributed by atoms with van der Waals surface area (Å²) in [5.74, 6) is -1.05. The third-order valence-electron chi connectivity index (χ3n) is 5.09. The minimum absolute atomic E-state index is 0.0184. The Bertz CT molecular complexity index is 1140. The Labute approximate surface area is 166 Å². The van der Waals surface area contributed by atoms with Crippen molar-refractivity contribution < 1.29 is 22.7 Å². The van der Waals surface area contributed by atoms with E-state index >= 15 is 0 Å². The van der Waals surface area contributed by atoms with Gasteiger partial charge in [-0.25, -0.2) is 13.4 Å². The molecule has 1 aliphatic carbocycles. The fraction of sp³-hybridized carbons (Fsp3) is 0.263.